The Hall–Kier alpha value is -2.24. The molecule has 1 atom stereocenters. The predicted octanol–water partition coefficient (Wildman–Crippen LogP) is 4.92. The van der Waals surface area contributed by atoms with E-state index in [1.165, 1.54) is 7.11 Å². The van der Waals surface area contributed by atoms with E-state index in [1.807, 2.05) is 13.8 Å². The number of hydrogen-bond acceptors (Lipinski definition) is 4. The molecule has 7 heteroatoms. The van der Waals surface area contributed by atoms with Crippen LogP contribution >= 0.6 is 23.2 Å². The molecular formula is C20H21Cl2NO4. The number of carbonyl (C=O) groups excluding carboxylic acids is 2. The Balaban J connectivity index is 2.01. The quantitative estimate of drug-likeness (QED) is 0.658. The van der Waals surface area contributed by atoms with Crippen molar-refractivity contribution >= 4 is 40.8 Å². The Bertz CT molecular complexity index is 806. The van der Waals surface area contributed by atoms with Crippen LogP contribution in [0.1, 0.15) is 25.3 Å². The van der Waals surface area contributed by atoms with Gasteiger partial charge in [0.15, 0.2) is 6.61 Å². The van der Waals surface area contributed by atoms with E-state index in [4.69, 9.17) is 32.7 Å². The first-order valence-corrected chi connectivity index (χ1v) is 9.13. The number of nitrogens with one attached hydrogen (secondary N) is 1. The van der Waals surface area contributed by atoms with Gasteiger partial charge in [-0.25, -0.2) is 0 Å². The fourth-order valence-electron chi connectivity index (χ4n) is 2.65. The first kappa shape index (κ1) is 21.1. The van der Waals surface area contributed by atoms with Crippen LogP contribution in [0.2, 0.25) is 10.0 Å². The normalized spacial score (nSPS) is 11.8. The molecule has 0 bridgehead atoms. The molecular weight excluding hydrogens is 389 g/mol. The zero-order valence-corrected chi connectivity index (χ0v) is 16.8. The monoisotopic (exact) mass is 409 g/mol. The fourth-order valence-corrected chi connectivity index (χ4v) is 2.95. The highest BCUT2D eigenvalue weighted by Crippen LogP contribution is 2.28. The van der Waals surface area contributed by atoms with E-state index >= 15 is 0 Å². The van der Waals surface area contributed by atoms with Gasteiger partial charge in [-0.2, -0.15) is 0 Å². The average molecular weight is 410 g/mol. The number of anilines is 1. The van der Waals surface area contributed by atoms with Crippen molar-refractivity contribution in [3.63, 3.8) is 0 Å². The van der Waals surface area contributed by atoms with Crippen molar-refractivity contribution in [2.45, 2.75) is 19.8 Å². The second-order valence-corrected chi connectivity index (χ2v) is 7.15. The van der Waals surface area contributed by atoms with Gasteiger partial charge in [0.1, 0.15) is 5.75 Å². The van der Waals surface area contributed by atoms with Gasteiger partial charge in [0.2, 0.25) is 0 Å². The molecule has 2 aromatic carbocycles. The number of hydrogen-bond donors (Lipinski definition) is 1. The van der Waals surface area contributed by atoms with Gasteiger partial charge in [-0.15, -0.1) is 0 Å². The van der Waals surface area contributed by atoms with Crippen LogP contribution in [0.4, 0.5) is 5.69 Å². The van der Waals surface area contributed by atoms with Crippen LogP contribution in [0.15, 0.2) is 42.5 Å². The van der Waals surface area contributed by atoms with E-state index in [9.17, 15) is 9.59 Å². The molecule has 0 heterocycles. The lowest BCUT2D eigenvalue weighted by molar-refractivity contribution is -0.149. The molecule has 0 aliphatic rings. The molecule has 0 aliphatic heterocycles. The topological polar surface area (TPSA) is 64.6 Å². The van der Waals surface area contributed by atoms with Gasteiger partial charge in [0.25, 0.3) is 5.91 Å². The Morgan fingerprint density at radius 2 is 1.67 bits per heavy atom. The summed E-state index contributed by atoms with van der Waals surface area (Å²) in [6, 6.07) is 11.9. The number of esters is 1. The molecule has 0 radical (unpaired) electrons. The van der Waals surface area contributed by atoms with Crippen molar-refractivity contribution in [3.05, 3.63) is 58.1 Å². The summed E-state index contributed by atoms with van der Waals surface area (Å²) in [6.45, 7) is 3.42. The van der Waals surface area contributed by atoms with Crippen molar-refractivity contribution in [1.82, 2.24) is 0 Å². The van der Waals surface area contributed by atoms with Gasteiger partial charge in [0, 0.05) is 10.0 Å². The third-order valence-corrected chi connectivity index (χ3v) is 4.42. The van der Waals surface area contributed by atoms with Crippen LogP contribution in [0.3, 0.4) is 0 Å². The number of ether oxygens (including phenoxy) is 2. The summed E-state index contributed by atoms with van der Waals surface area (Å²) in [5.41, 5.74) is 1.19. The smallest absolute Gasteiger partial charge is 0.314 e. The van der Waals surface area contributed by atoms with Gasteiger partial charge >= 0.3 is 5.97 Å². The number of benzene rings is 2. The molecule has 0 aliphatic carbocycles. The summed E-state index contributed by atoms with van der Waals surface area (Å²) in [4.78, 5) is 24.7. The van der Waals surface area contributed by atoms with Gasteiger partial charge in [0.05, 0.1) is 18.7 Å². The first-order valence-electron chi connectivity index (χ1n) is 8.37. The number of methoxy groups -OCH3 is 1. The zero-order chi connectivity index (χ0) is 20.0. The molecule has 2 aromatic rings. The Morgan fingerprint density at radius 1 is 1.04 bits per heavy atom. The summed E-state index contributed by atoms with van der Waals surface area (Å²) < 4.78 is 10.4. The summed E-state index contributed by atoms with van der Waals surface area (Å²) in [6.07, 6.45) is 0. The maximum absolute atomic E-state index is 12.5. The molecule has 1 N–H and O–H groups in total. The van der Waals surface area contributed by atoms with E-state index in [2.05, 4.69) is 5.32 Å². The maximum atomic E-state index is 12.5. The first-order chi connectivity index (χ1) is 12.8. The lowest BCUT2D eigenvalue weighted by Crippen LogP contribution is -2.26. The maximum Gasteiger partial charge on any atom is 0.314 e. The van der Waals surface area contributed by atoms with Crippen molar-refractivity contribution in [1.29, 1.82) is 0 Å². The third kappa shape index (κ3) is 5.88. The minimum Gasteiger partial charge on any atom is -0.495 e. The molecule has 27 heavy (non-hydrogen) atoms. The molecule has 0 saturated heterocycles. The van der Waals surface area contributed by atoms with Gasteiger partial charge < -0.3 is 14.8 Å². The van der Waals surface area contributed by atoms with E-state index in [1.54, 1.807) is 42.5 Å². The molecule has 0 fully saturated rings. The molecule has 0 saturated carbocycles. The number of amides is 1. The zero-order valence-electron chi connectivity index (χ0n) is 15.3. The lowest BCUT2D eigenvalue weighted by atomic mass is 9.88. The fraction of sp³-hybridized carbons (Fsp3) is 0.300. The van der Waals surface area contributed by atoms with Crippen LogP contribution in [0.5, 0.6) is 5.75 Å². The van der Waals surface area contributed by atoms with E-state index < -0.39 is 24.4 Å². The van der Waals surface area contributed by atoms with Crippen molar-refractivity contribution < 1.29 is 19.1 Å². The highest BCUT2D eigenvalue weighted by Gasteiger charge is 2.26. The summed E-state index contributed by atoms with van der Waals surface area (Å²) in [7, 11) is 1.48. The predicted molar refractivity (Wildman–Crippen MR) is 107 cm³/mol. The molecule has 144 valence electrons. The minimum absolute atomic E-state index is 0.00485. The standard InChI is InChI=1S/C20H21Cl2NO4/c1-12(2)19(13-4-6-14(21)7-5-13)20(25)27-11-18(24)23-16-10-15(22)8-9-17(16)26-3/h4-10,12,19H,11H2,1-3H3,(H,23,24)/t19-/m0/s1. The Labute approximate surface area is 168 Å². The Kier molecular flexibility index (Phi) is 7.51. The van der Waals surface area contributed by atoms with Gasteiger partial charge in [-0.1, -0.05) is 49.2 Å². The largest absolute Gasteiger partial charge is 0.495 e. The molecule has 2 rings (SSSR count). The van der Waals surface area contributed by atoms with E-state index in [0.29, 0.717) is 21.5 Å². The minimum atomic E-state index is -0.490. The second-order valence-electron chi connectivity index (χ2n) is 6.27. The number of halogens is 2. The molecule has 0 unspecified atom stereocenters. The number of carbonyl (C=O) groups is 2. The lowest BCUT2D eigenvalue weighted by Gasteiger charge is -2.20. The average Bonchev–Trinajstić information content (AvgIpc) is 2.62. The summed E-state index contributed by atoms with van der Waals surface area (Å²) in [5.74, 6) is -0.992. The van der Waals surface area contributed by atoms with Crippen LogP contribution in [-0.4, -0.2) is 25.6 Å². The van der Waals surface area contributed by atoms with E-state index in [-0.39, 0.29) is 5.92 Å². The highest BCUT2D eigenvalue weighted by molar-refractivity contribution is 6.31. The number of rotatable bonds is 7. The Morgan fingerprint density at radius 3 is 2.26 bits per heavy atom. The SMILES string of the molecule is COc1ccc(Cl)cc1NC(=O)COC(=O)[C@H](c1ccc(Cl)cc1)C(C)C. The summed E-state index contributed by atoms with van der Waals surface area (Å²) in [5, 5.41) is 3.67. The van der Waals surface area contributed by atoms with E-state index in [0.717, 1.165) is 5.56 Å². The summed E-state index contributed by atoms with van der Waals surface area (Å²) >= 11 is 11.8. The van der Waals surface area contributed by atoms with Crippen molar-refractivity contribution in [2.24, 2.45) is 5.92 Å². The third-order valence-electron chi connectivity index (χ3n) is 3.93. The molecule has 5 nitrogen and oxygen atoms in total. The highest BCUT2D eigenvalue weighted by atomic mass is 35.5. The van der Waals surface area contributed by atoms with Crippen LogP contribution in [0, 0.1) is 5.92 Å². The van der Waals surface area contributed by atoms with Crippen LogP contribution < -0.4 is 10.1 Å². The van der Waals surface area contributed by atoms with Gasteiger partial charge in [-0.05, 0) is 41.8 Å². The molecule has 1 amide bonds. The molecule has 0 aromatic heterocycles. The van der Waals surface area contributed by atoms with Crippen molar-refractivity contribution in [2.75, 3.05) is 19.0 Å². The second kappa shape index (κ2) is 9.62. The van der Waals surface area contributed by atoms with Crippen molar-refractivity contribution in [3.8, 4) is 5.75 Å². The van der Waals surface area contributed by atoms with Crippen LogP contribution in [-0.2, 0) is 14.3 Å². The van der Waals surface area contributed by atoms with Crippen LogP contribution in [0.25, 0.3) is 0 Å². The van der Waals surface area contributed by atoms with Gasteiger partial charge in [-0.3, -0.25) is 9.59 Å². The molecule has 0 spiro atoms.